The maximum absolute atomic E-state index is 6.23. The summed E-state index contributed by atoms with van der Waals surface area (Å²) in [6, 6.07) is 42.1. The van der Waals surface area contributed by atoms with Crippen molar-refractivity contribution in [3.63, 3.8) is 0 Å². The number of methoxy groups -OCH3 is 10. The number of ether oxygens (including phenoxy) is 10. The summed E-state index contributed by atoms with van der Waals surface area (Å²) in [4.78, 5) is 0. The second kappa shape index (κ2) is 20.1. The molecule has 0 aromatic heterocycles. The second-order valence-electron chi connectivity index (χ2n) is 18.8. The fourth-order valence-corrected chi connectivity index (χ4v) is 12.1. The maximum atomic E-state index is 6.23. The summed E-state index contributed by atoms with van der Waals surface area (Å²) < 4.78 is 62.3. The first-order valence-electron chi connectivity index (χ1n) is 25.0. The Bertz CT molecular complexity index is 3060. The molecule has 0 aliphatic heterocycles. The van der Waals surface area contributed by atoms with Crippen LogP contribution in [0.5, 0.6) is 57.5 Å². The van der Waals surface area contributed by atoms with Gasteiger partial charge in [-0.2, -0.15) is 0 Å². The fraction of sp³-hybridized carbons (Fsp3) is 0.231. The monoisotopic (exact) mass is 1000 g/mol. The van der Waals surface area contributed by atoms with E-state index in [4.69, 9.17) is 47.4 Å². The molecule has 0 radical (unpaired) electrons. The van der Waals surface area contributed by atoms with Crippen LogP contribution in [0.15, 0.2) is 121 Å². The summed E-state index contributed by atoms with van der Waals surface area (Å²) in [5, 5.41) is 10.4. The Morgan fingerprint density at radius 2 is 0.253 bits per heavy atom. The minimum atomic E-state index is 0.500. The lowest BCUT2D eigenvalue weighted by atomic mass is 9.87. The molecule has 380 valence electrons. The van der Waals surface area contributed by atoms with Crippen LogP contribution in [0.2, 0.25) is 0 Å². The van der Waals surface area contributed by atoms with Crippen molar-refractivity contribution in [1.29, 1.82) is 0 Å². The normalized spacial score (nSPS) is 12.4. The molecule has 75 heavy (non-hydrogen) atoms. The van der Waals surface area contributed by atoms with Gasteiger partial charge in [-0.15, -0.1) is 0 Å². The standard InChI is InChI=1S/C65H60O10/c1-66-56-21-11-37-36-12-22-58(68-3)48(37)32-49-40-15-26-62(72-7)52(41(40)16-25-60(49)70-5)34-53-44-19-30-65(75-10)55(45(44)20-29-64(53)74-9)35-54-43-18-27-61(71-6)51(42(43)17-28-63(54)73-8)33-50-39-14-23-57(67-2)47(31-46(36)56)38(39)13-24-59(50)69-4/h11-30H,31-35H2,1-10H3. The molecule has 0 fully saturated rings. The van der Waals surface area contributed by atoms with Gasteiger partial charge in [0.05, 0.1) is 71.1 Å². The van der Waals surface area contributed by atoms with E-state index in [-0.39, 0.29) is 0 Å². The van der Waals surface area contributed by atoms with Crippen LogP contribution in [-0.4, -0.2) is 71.1 Å². The van der Waals surface area contributed by atoms with E-state index < -0.39 is 0 Å². The zero-order valence-corrected chi connectivity index (χ0v) is 44.2. The summed E-state index contributed by atoms with van der Waals surface area (Å²) in [5.41, 5.74) is 10.2. The molecule has 0 unspecified atom stereocenters. The van der Waals surface area contributed by atoms with Crippen LogP contribution in [0.3, 0.4) is 0 Å². The first-order valence-corrected chi connectivity index (χ1v) is 25.0. The van der Waals surface area contributed by atoms with E-state index in [0.29, 0.717) is 32.1 Å². The molecule has 0 amide bonds. The van der Waals surface area contributed by atoms with Gasteiger partial charge in [-0.1, -0.05) is 60.7 Å². The van der Waals surface area contributed by atoms with Crippen LogP contribution in [-0.2, 0) is 32.1 Å². The van der Waals surface area contributed by atoms with Crippen LogP contribution in [0.4, 0.5) is 0 Å². The molecule has 0 atom stereocenters. The van der Waals surface area contributed by atoms with E-state index in [1.54, 1.807) is 71.1 Å². The van der Waals surface area contributed by atoms with Crippen molar-refractivity contribution in [3.05, 3.63) is 177 Å². The summed E-state index contributed by atoms with van der Waals surface area (Å²) in [7, 11) is 17.3. The first-order chi connectivity index (χ1) is 36.7. The van der Waals surface area contributed by atoms with Crippen LogP contribution in [0.25, 0.3) is 53.9 Å². The molecule has 10 nitrogen and oxygen atoms in total. The average molecular weight is 1000 g/mol. The first kappa shape index (κ1) is 48.8. The minimum Gasteiger partial charge on any atom is -0.496 e. The van der Waals surface area contributed by atoms with Crippen LogP contribution >= 0.6 is 0 Å². The maximum Gasteiger partial charge on any atom is 0.123 e. The van der Waals surface area contributed by atoms with Crippen molar-refractivity contribution in [3.8, 4) is 57.5 Å². The van der Waals surface area contributed by atoms with Crippen molar-refractivity contribution in [2.24, 2.45) is 0 Å². The van der Waals surface area contributed by atoms with E-state index in [2.05, 4.69) is 121 Å². The molecule has 10 heteroatoms. The Kier molecular flexibility index (Phi) is 13.1. The lowest BCUT2D eigenvalue weighted by Gasteiger charge is -2.22. The fourth-order valence-electron chi connectivity index (χ4n) is 12.1. The van der Waals surface area contributed by atoms with Gasteiger partial charge in [0.1, 0.15) is 57.5 Å². The molecule has 1 aliphatic carbocycles. The Morgan fingerprint density at radius 3 is 0.333 bits per heavy atom. The number of rotatable bonds is 10. The smallest absolute Gasteiger partial charge is 0.123 e. The largest absolute Gasteiger partial charge is 0.496 e. The van der Waals surface area contributed by atoms with Gasteiger partial charge in [-0.25, -0.2) is 0 Å². The molecule has 0 spiro atoms. The molecule has 11 rings (SSSR count). The quantitative estimate of drug-likeness (QED) is 0.132. The molecular weight excluding hydrogens is 941 g/mol. The van der Waals surface area contributed by atoms with Crippen molar-refractivity contribution in [2.45, 2.75) is 32.1 Å². The molecule has 0 heterocycles. The minimum absolute atomic E-state index is 0.500. The topological polar surface area (TPSA) is 92.3 Å². The highest BCUT2D eigenvalue weighted by Crippen LogP contribution is 2.47. The van der Waals surface area contributed by atoms with Gasteiger partial charge >= 0.3 is 0 Å². The van der Waals surface area contributed by atoms with Crippen molar-refractivity contribution < 1.29 is 47.4 Å². The van der Waals surface area contributed by atoms with E-state index in [1.807, 2.05) is 0 Å². The van der Waals surface area contributed by atoms with E-state index in [0.717, 1.165) is 167 Å². The summed E-state index contributed by atoms with van der Waals surface area (Å²) in [5.74, 6) is 7.67. The number of hydrogen-bond donors (Lipinski definition) is 0. The van der Waals surface area contributed by atoms with Crippen LogP contribution < -0.4 is 47.4 Å². The molecule has 10 aromatic carbocycles. The van der Waals surface area contributed by atoms with Crippen molar-refractivity contribution in [1.82, 2.24) is 0 Å². The van der Waals surface area contributed by atoms with Crippen molar-refractivity contribution >= 4 is 53.9 Å². The van der Waals surface area contributed by atoms with E-state index >= 15 is 0 Å². The molecule has 0 N–H and O–H groups in total. The zero-order chi connectivity index (χ0) is 52.1. The second-order valence-corrected chi connectivity index (χ2v) is 18.8. The van der Waals surface area contributed by atoms with Gasteiger partial charge in [0.2, 0.25) is 0 Å². The number of hydrogen-bond acceptors (Lipinski definition) is 10. The third kappa shape index (κ3) is 8.02. The van der Waals surface area contributed by atoms with Gasteiger partial charge < -0.3 is 47.4 Å². The predicted molar refractivity (Wildman–Crippen MR) is 299 cm³/mol. The lowest BCUT2D eigenvalue weighted by molar-refractivity contribution is 0.405. The third-order valence-corrected chi connectivity index (χ3v) is 15.7. The van der Waals surface area contributed by atoms with E-state index in [1.165, 1.54) is 0 Å². The molecule has 10 aromatic rings. The van der Waals surface area contributed by atoms with Gasteiger partial charge in [0.15, 0.2) is 0 Å². The SMILES string of the molecule is COc1ccc2c3c(OC)ccc2c1Cc1c(OC)ccc2c(c(OC)ccc12)Cc1c(OC)ccc2c(c(OC)ccc12)Cc1c(OC)ccc2c(c(OC)ccc12)Cc1c(OC)ccc2c(c(OC)ccc12)C3. The van der Waals surface area contributed by atoms with Crippen LogP contribution in [0, 0.1) is 0 Å². The molecular formula is C65H60O10. The molecule has 1 aliphatic rings. The summed E-state index contributed by atoms with van der Waals surface area (Å²) in [6.45, 7) is 0. The number of benzene rings is 10. The highest BCUT2D eigenvalue weighted by atomic mass is 16.5. The Hall–Kier alpha value is -8.50. The Labute approximate surface area is 437 Å². The summed E-state index contributed by atoms with van der Waals surface area (Å²) in [6.07, 6.45) is 2.50. The molecule has 20 bridgehead atoms. The van der Waals surface area contributed by atoms with Crippen LogP contribution in [0.1, 0.15) is 55.6 Å². The van der Waals surface area contributed by atoms with Crippen molar-refractivity contribution in [2.75, 3.05) is 71.1 Å². The zero-order valence-electron chi connectivity index (χ0n) is 44.2. The highest BCUT2D eigenvalue weighted by Gasteiger charge is 2.26. The molecule has 0 saturated heterocycles. The highest BCUT2D eigenvalue weighted by molar-refractivity contribution is 6.00. The van der Waals surface area contributed by atoms with Gasteiger partial charge in [-0.3, -0.25) is 0 Å². The predicted octanol–water partition coefficient (Wildman–Crippen LogP) is 13.8. The van der Waals surface area contributed by atoms with E-state index in [9.17, 15) is 0 Å². The van der Waals surface area contributed by atoms with Gasteiger partial charge in [0, 0.05) is 87.7 Å². The lowest BCUT2D eigenvalue weighted by Crippen LogP contribution is -2.04. The Balaban J connectivity index is 1.27. The third-order valence-electron chi connectivity index (χ3n) is 15.7. The summed E-state index contributed by atoms with van der Waals surface area (Å²) >= 11 is 0. The Morgan fingerprint density at radius 1 is 0.160 bits per heavy atom. The molecule has 0 saturated carbocycles. The van der Waals surface area contributed by atoms with Gasteiger partial charge in [0.25, 0.3) is 0 Å². The van der Waals surface area contributed by atoms with Gasteiger partial charge in [-0.05, 0) is 115 Å². The average Bonchev–Trinajstić information content (AvgIpc) is 3.46.